The average molecular weight is 368 g/mol. The van der Waals surface area contributed by atoms with Gasteiger partial charge < -0.3 is 0 Å². The molecule has 3 nitrogen and oxygen atoms in total. The number of allylic oxidation sites excluding steroid dienone is 2. The predicted octanol–water partition coefficient (Wildman–Crippen LogP) is 3.92. The summed E-state index contributed by atoms with van der Waals surface area (Å²) in [5.74, 6) is -0.845. The molecule has 1 aliphatic heterocycles. The van der Waals surface area contributed by atoms with Gasteiger partial charge in [0.1, 0.15) is 0 Å². The number of halogens is 4. The third-order valence-electron chi connectivity index (χ3n) is 6.18. The molecular weight excluding hydrogens is 355 g/mol. The van der Waals surface area contributed by atoms with E-state index in [4.69, 9.17) is 11.6 Å². The minimum atomic E-state index is -4.57. The fourth-order valence-electron chi connectivity index (χ4n) is 5.05. The van der Waals surface area contributed by atoms with Crippen LogP contribution in [0.25, 0.3) is 0 Å². The molecule has 2 bridgehead atoms. The number of imide groups is 1. The summed E-state index contributed by atoms with van der Waals surface area (Å²) in [6.45, 7) is 0. The van der Waals surface area contributed by atoms with Gasteiger partial charge in [-0.3, -0.25) is 9.59 Å². The molecule has 3 fully saturated rings. The van der Waals surface area contributed by atoms with E-state index in [1.807, 2.05) is 12.2 Å². The quantitative estimate of drug-likeness (QED) is 0.557. The number of hydrogen-bond acceptors (Lipinski definition) is 2. The second kappa shape index (κ2) is 4.67. The number of nitrogens with zero attached hydrogens (tertiary/aromatic N) is 1. The maximum Gasteiger partial charge on any atom is 0.416 e. The van der Waals surface area contributed by atoms with Crippen LogP contribution in [0.2, 0.25) is 5.02 Å². The normalized spacial score (nSPS) is 38.2. The van der Waals surface area contributed by atoms with E-state index in [2.05, 4.69) is 0 Å². The lowest BCUT2D eigenvalue weighted by Crippen LogP contribution is -2.40. The second-order valence-electron chi connectivity index (χ2n) is 7.33. The Morgan fingerprint density at radius 3 is 2.08 bits per heavy atom. The van der Waals surface area contributed by atoms with E-state index < -0.39 is 35.4 Å². The lowest BCUT2D eigenvalue weighted by Gasteiger charge is -2.37. The van der Waals surface area contributed by atoms with Gasteiger partial charge in [-0.05, 0) is 48.3 Å². The zero-order valence-electron chi connectivity index (χ0n) is 12.8. The van der Waals surface area contributed by atoms with Crippen molar-refractivity contribution in [2.45, 2.75) is 12.6 Å². The van der Waals surface area contributed by atoms with Crippen LogP contribution in [0.5, 0.6) is 0 Å². The largest absolute Gasteiger partial charge is 0.416 e. The van der Waals surface area contributed by atoms with E-state index in [1.54, 1.807) is 0 Å². The van der Waals surface area contributed by atoms with Crippen LogP contribution in [0.4, 0.5) is 18.9 Å². The number of alkyl halides is 3. The Morgan fingerprint density at radius 1 is 1.00 bits per heavy atom. The van der Waals surface area contributed by atoms with Gasteiger partial charge in [0.25, 0.3) is 0 Å². The smallest absolute Gasteiger partial charge is 0.274 e. The van der Waals surface area contributed by atoms with Crippen LogP contribution in [0.15, 0.2) is 30.4 Å². The summed E-state index contributed by atoms with van der Waals surface area (Å²) in [6, 6.07) is 2.74. The van der Waals surface area contributed by atoms with Gasteiger partial charge in [-0.25, -0.2) is 4.90 Å². The SMILES string of the molecule is O=C1[C@@H]2[C@@H]3C=C[C@@H]([C@H]4C[C@@H]34)[C@@H]2C(=O)N1c1cc(C(F)(F)F)ccc1Cl. The van der Waals surface area contributed by atoms with Gasteiger partial charge in [0, 0.05) is 0 Å². The Kier molecular flexibility index (Phi) is 2.88. The van der Waals surface area contributed by atoms with Gasteiger partial charge in [-0.15, -0.1) is 0 Å². The van der Waals surface area contributed by atoms with Crippen molar-refractivity contribution in [1.29, 1.82) is 0 Å². The van der Waals surface area contributed by atoms with Gasteiger partial charge in [-0.2, -0.15) is 13.2 Å². The molecule has 0 spiro atoms. The Morgan fingerprint density at radius 2 is 1.56 bits per heavy atom. The van der Waals surface area contributed by atoms with Gasteiger partial charge in [-0.1, -0.05) is 23.8 Å². The maximum absolute atomic E-state index is 13.0. The highest BCUT2D eigenvalue weighted by Crippen LogP contribution is 2.65. The van der Waals surface area contributed by atoms with Crippen LogP contribution < -0.4 is 4.90 Å². The Labute approximate surface area is 146 Å². The fourth-order valence-corrected chi connectivity index (χ4v) is 5.26. The molecule has 0 N–H and O–H groups in total. The summed E-state index contributed by atoms with van der Waals surface area (Å²) in [7, 11) is 0. The summed E-state index contributed by atoms with van der Waals surface area (Å²) < 4.78 is 39.1. The van der Waals surface area contributed by atoms with Crippen molar-refractivity contribution in [1.82, 2.24) is 0 Å². The molecule has 1 saturated heterocycles. The summed E-state index contributed by atoms with van der Waals surface area (Å²) in [5, 5.41) is -0.0289. The molecule has 0 aromatic heterocycles. The first-order valence-electron chi connectivity index (χ1n) is 8.22. The lowest BCUT2D eigenvalue weighted by molar-refractivity contribution is -0.137. The Bertz CT molecular complexity index is 813. The van der Waals surface area contributed by atoms with Crippen molar-refractivity contribution in [2.75, 3.05) is 4.90 Å². The Hall–Kier alpha value is -1.82. The number of anilines is 1. The zero-order chi connectivity index (χ0) is 17.7. The topological polar surface area (TPSA) is 37.4 Å². The van der Waals surface area contributed by atoms with E-state index in [9.17, 15) is 22.8 Å². The lowest BCUT2D eigenvalue weighted by atomic mass is 9.63. The van der Waals surface area contributed by atoms with E-state index in [-0.39, 0.29) is 22.5 Å². The summed E-state index contributed by atoms with van der Waals surface area (Å²) >= 11 is 6.05. The van der Waals surface area contributed by atoms with Crippen LogP contribution in [-0.4, -0.2) is 11.8 Å². The first kappa shape index (κ1) is 15.4. The van der Waals surface area contributed by atoms with Crippen molar-refractivity contribution >= 4 is 29.1 Å². The fraction of sp³-hybridized carbons (Fsp3) is 0.444. The first-order valence-corrected chi connectivity index (χ1v) is 8.59. The molecule has 7 heteroatoms. The number of amides is 2. The van der Waals surface area contributed by atoms with E-state index in [0.717, 1.165) is 29.5 Å². The second-order valence-corrected chi connectivity index (χ2v) is 7.74. The van der Waals surface area contributed by atoms with Gasteiger partial charge in [0.15, 0.2) is 0 Å². The van der Waals surface area contributed by atoms with E-state index in [0.29, 0.717) is 11.8 Å². The van der Waals surface area contributed by atoms with Crippen LogP contribution >= 0.6 is 11.6 Å². The molecule has 0 unspecified atom stereocenters. The van der Waals surface area contributed by atoms with E-state index >= 15 is 0 Å². The van der Waals surface area contributed by atoms with Crippen LogP contribution in [0, 0.1) is 35.5 Å². The van der Waals surface area contributed by atoms with Gasteiger partial charge in [0.05, 0.1) is 28.1 Å². The number of benzene rings is 1. The highest BCUT2D eigenvalue weighted by molar-refractivity contribution is 6.36. The molecule has 1 aromatic carbocycles. The molecular formula is C18H13ClF3NO2. The molecule has 1 aromatic rings. The molecule has 6 rings (SSSR count). The highest BCUT2D eigenvalue weighted by atomic mass is 35.5. The molecule has 130 valence electrons. The minimum Gasteiger partial charge on any atom is -0.274 e. The highest BCUT2D eigenvalue weighted by Gasteiger charge is 2.67. The summed E-state index contributed by atoms with van der Waals surface area (Å²) in [6.07, 6.45) is 0.491. The Balaban J connectivity index is 1.59. The third kappa shape index (κ3) is 1.94. The molecule has 4 aliphatic carbocycles. The standard InChI is InChI=1S/C18H13ClF3NO2/c19-12-4-1-7(18(20,21)22)5-13(12)23-16(24)14-8-2-3-9(11-6-10(8)11)15(14)17(23)25/h1-5,8-11,14-15H,6H2/t8-,9+,10+,11-,14-,15+. The zero-order valence-corrected chi connectivity index (χ0v) is 13.6. The molecule has 1 heterocycles. The molecule has 2 amide bonds. The number of carbonyl (C=O) groups is 2. The van der Waals surface area contributed by atoms with Crippen LogP contribution in [0.3, 0.4) is 0 Å². The third-order valence-corrected chi connectivity index (χ3v) is 6.50. The van der Waals surface area contributed by atoms with Crippen molar-refractivity contribution < 1.29 is 22.8 Å². The molecule has 5 aliphatic rings. The van der Waals surface area contributed by atoms with Crippen molar-refractivity contribution in [3.63, 3.8) is 0 Å². The molecule has 25 heavy (non-hydrogen) atoms. The van der Waals surface area contributed by atoms with Crippen molar-refractivity contribution in [3.8, 4) is 0 Å². The van der Waals surface area contributed by atoms with Gasteiger partial charge in [0.2, 0.25) is 11.8 Å². The first-order chi connectivity index (χ1) is 11.8. The maximum atomic E-state index is 13.0. The van der Waals surface area contributed by atoms with Crippen LogP contribution in [0.1, 0.15) is 12.0 Å². The number of carbonyl (C=O) groups excluding carboxylic acids is 2. The monoisotopic (exact) mass is 367 g/mol. The van der Waals surface area contributed by atoms with Crippen molar-refractivity contribution in [2.24, 2.45) is 35.5 Å². The molecule has 6 atom stereocenters. The average Bonchev–Trinajstić information content (AvgIpc) is 3.32. The predicted molar refractivity (Wildman–Crippen MR) is 83.6 cm³/mol. The summed E-state index contributed by atoms with van der Waals surface area (Å²) in [4.78, 5) is 26.8. The van der Waals surface area contributed by atoms with E-state index in [1.165, 1.54) is 0 Å². The minimum absolute atomic E-state index is 0.0195. The number of rotatable bonds is 1. The summed E-state index contributed by atoms with van der Waals surface area (Å²) in [5.41, 5.74) is -1.08. The number of hydrogen-bond donors (Lipinski definition) is 0. The molecule has 0 radical (unpaired) electrons. The van der Waals surface area contributed by atoms with Gasteiger partial charge >= 0.3 is 6.18 Å². The molecule has 2 saturated carbocycles. The van der Waals surface area contributed by atoms with Crippen LogP contribution in [-0.2, 0) is 15.8 Å². The van der Waals surface area contributed by atoms with Crippen molar-refractivity contribution in [3.05, 3.63) is 40.9 Å².